The van der Waals surface area contributed by atoms with Crippen LogP contribution in [0.15, 0.2) is 24.3 Å². The molecule has 0 spiro atoms. The van der Waals surface area contributed by atoms with E-state index in [1.807, 2.05) is 24.3 Å². The Hall–Kier alpha value is -2.04. The molecule has 0 aromatic heterocycles. The number of hydrogen-bond donors (Lipinski definition) is 1. The average molecular weight is 378 g/mol. The van der Waals surface area contributed by atoms with Crippen LogP contribution in [0.4, 0.5) is 0 Å². The van der Waals surface area contributed by atoms with Crippen molar-refractivity contribution in [3.05, 3.63) is 29.8 Å². The number of esters is 1. The van der Waals surface area contributed by atoms with Crippen LogP contribution in [-0.4, -0.2) is 25.6 Å². The number of hydrogen-bond acceptors (Lipinski definition) is 4. The maximum Gasteiger partial charge on any atom is 0.305 e. The van der Waals surface area contributed by atoms with Gasteiger partial charge in [-0.15, -0.1) is 0 Å². The lowest BCUT2D eigenvalue weighted by molar-refractivity contribution is -0.143. The number of carbonyl (C=O) groups excluding carboxylic acids is 2. The molecule has 0 aliphatic heterocycles. The third-order valence-electron chi connectivity index (χ3n) is 4.44. The van der Waals surface area contributed by atoms with Crippen molar-refractivity contribution in [1.82, 2.24) is 5.32 Å². The van der Waals surface area contributed by atoms with Crippen LogP contribution in [0, 0.1) is 0 Å². The van der Waals surface area contributed by atoms with Gasteiger partial charge in [-0.25, -0.2) is 0 Å². The third-order valence-corrected chi connectivity index (χ3v) is 4.44. The van der Waals surface area contributed by atoms with Crippen molar-refractivity contribution in [3.63, 3.8) is 0 Å². The molecule has 27 heavy (non-hydrogen) atoms. The molecule has 0 radical (unpaired) electrons. The second kappa shape index (κ2) is 15.1. The van der Waals surface area contributed by atoms with E-state index in [0.29, 0.717) is 32.4 Å². The van der Waals surface area contributed by atoms with Crippen molar-refractivity contribution in [2.75, 3.05) is 13.7 Å². The Balaban J connectivity index is 1.99. The average Bonchev–Trinajstić information content (AvgIpc) is 2.69. The Bertz CT molecular complexity index is 528. The van der Waals surface area contributed by atoms with Crippen LogP contribution in [-0.2, 0) is 20.9 Å². The number of nitrogens with one attached hydrogen (secondary N) is 1. The highest BCUT2D eigenvalue weighted by molar-refractivity contribution is 5.77. The Labute approximate surface area is 163 Å². The molecule has 5 heteroatoms. The molecule has 0 unspecified atom stereocenters. The van der Waals surface area contributed by atoms with Gasteiger partial charge in [0, 0.05) is 19.4 Å². The van der Waals surface area contributed by atoms with Crippen molar-refractivity contribution in [2.45, 2.75) is 77.7 Å². The van der Waals surface area contributed by atoms with Gasteiger partial charge in [-0.2, -0.15) is 0 Å². The van der Waals surface area contributed by atoms with E-state index in [0.717, 1.165) is 24.2 Å². The maximum absolute atomic E-state index is 11.8. The summed E-state index contributed by atoms with van der Waals surface area (Å²) in [6.07, 6.45) is 9.56. The van der Waals surface area contributed by atoms with E-state index in [2.05, 4.69) is 12.2 Å². The van der Waals surface area contributed by atoms with Gasteiger partial charge in [-0.3, -0.25) is 9.59 Å². The van der Waals surface area contributed by atoms with Crippen molar-refractivity contribution in [3.8, 4) is 5.75 Å². The quantitative estimate of drug-likeness (QED) is 0.353. The molecule has 0 bridgehead atoms. The van der Waals surface area contributed by atoms with Crippen molar-refractivity contribution in [1.29, 1.82) is 0 Å². The Kier molecular flexibility index (Phi) is 12.8. The summed E-state index contributed by atoms with van der Waals surface area (Å²) in [6.45, 7) is 3.19. The number of benzene rings is 1. The minimum atomic E-state index is -0.205. The van der Waals surface area contributed by atoms with E-state index in [9.17, 15) is 9.59 Å². The third kappa shape index (κ3) is 12.1. The molecule has 1 aromatic carbocycles. The normalized spacial score (nSPS) is 10.4. The Morgan fingerprint density at radius 1 is 0.889 bits per heavy atom. The molecule has 0 saturated heterocycles. The lowest BCUT2D eigenvalue weighted by Crippen LogP contribution is -2.22. The molecule has 1 aromatic rings. The van der Waals surface area contributed by atoms with Gasteiger partial charge >= 0.3 is 5.97 Å². The van der Waals surface area contributed by atoms with Gasteiger partial charge in [-0.05, 0) is 30.5 Å². The first kappa shape index (κ1) is 23.0. The first-order valence-corrected chi connectivity index (χ1v) is 10.2. The molecule has 1 rings (SSSR count). The van der Waals surface area contributed by atoms with Crippen LogP contribution >= 0.6 is 0 Å². The molecule has 0 aliphatic carbocycles. The highest BCUT2D eigenvalue weighted by atomic mass is 16.5. The van der Waals surface area contributed by atoms with Crippen LogP contribution in [0.3, 0.4) is 0 Å². The molecular weight excluding hydrogens is 342 g/mol. The zero-order valence-electron chi connectivity index (χ0n) is 16.9. The number of rotatable bonds is 15. The summed E-state index contributed by atoms with van der Waals surface area (Å²) < 4.78 is 10.3. The molecule has 1 N–H and O–H groups in total. The Morgan fingerprint density at radius 2 is 1.56 bits per heavy atom. The van der Waals surface area contributed by atoms with Gasteiger partial charge in [0.2, 0.25) is 5.91 Å². The van der Waals surface area contributed by atoms with E-state index >= 15 is 0 Å². The van der Waals surface area contributed by atoms with Gasteiger partial charge in [0.15, 0.2) is 0 Å². The smallest absolute Gasteiger partial charge is 0.305 e. The summed E-state index contributed by atoms with van der Waals surface area (Å²) >= 11 is 0. The zero-order chi connectivity index (χ0) is 19.7. The fourth-order valence-corrected chi connectivity index (χ4v) is 2.74. The van der Waals surface area contributed by atoms with E-state index < -0.39 is 0 Å². The molecule has 0 saturated carbocycles. The van der Waals surface area contributed by atoms with Gasteiger partial charge in [-0.1, -0.05) is 57.6 Å². The van der Waals surface area contributed by atoms with Gasteiger partial charge in [0.25, 0.3) is 0 Å². The lowest BCUT2D eigenvalue weighted by atomic mass is 10.1. The number of unbranched alkanes of at least 4 members (excludes halogenated alkanes) is 6. The van der Waals surface area contributed by atoms with Crippen molar-refractivity contribution < 1.29 is 19.1 Å². The van der Waals surface area contributed by atoms with Crippen LogP contribution in [0.25, 0.3) is 0 Å². The minimum Gasteiger partial charge on any atom is -0.497 e. The van der Waals surface area contributed by atoms with Crippen LogP contribution < -0.4 is 10.1 Å². The molecule has 0 fully saturated rings. The minimum absolute atomic E-state index is 0.0503. The largest absolute Gasteiger partial charge is 0.497 e. The number of amides is 1. The standard InChI is InChI=1S/C22H35NO4/c1-3-4-5-6-7-8-9-17-27-22(25)12-10-11-21(24)23-18-19-13-15-20(26-2)16-14-19/h13-16H,3-12,17-18H2,1-2H3,(H,23,24). The van der Waals surface area contributed by atoms with E-state index in [-0.39, 0.29) is 11.9 Å². The summed E-state index contributed by atoms with van der Waals surface area (Å²) in [5.74, 6) is 0.537. The van der Waals surface area contributed by atoms with Crippen molar-refractivity contribution >= 4 is 11.9 Å². The summed E-state index contributed by atoms with van der Waals surface area (Å²) in [5.41, 5.74) is 1.01. The second-order valence-electron chi connectivity index (χ2n) is 6.82. The molecule has 0 atom stereocenters. The monoisotopic (exact) mass is 377 g/mol. The number of ether oxygens (including phenoxy) is 2. The zero-order valence-corrected chi connectivity index (χ0v) is 16.9. The summed E-state index contributed by atoms with van der Waals surface area (Å²) in [5, 5.41) is 2.86. The van der Waals surface area contributed by atoms with Gasteiger partial charge in [0.05, 0.1) is 13.7 Å². The topological polar surface area (TPSA) is 64.6 Å². The first-order valence-electron chi connectivity index (χ1n) is 10.2. The molecule has 5 nitrogen and oxygen atoms in total. The molecule has 0 heterocycles. The maximum atomic E-state index is 11.8. The molecule has 152 valence electrons. The van der Waals surface area contributed by atoms with Gasteiger partial charge in [0.1, 0.15) is 5.75 Å². The predicted molar refractivity (Wildman–Crippen MR) is 108 cm³/mol. The second-order valence-corrected chi connectivity index (χ2v) is 6.82. The highest BCUT2D eigenvalue weighted by Crippen LogP contribution is 2.11. The van der Waals surface area contributed by atoms with Crippen LogP contribution in [0.5, 0.6) is 5.75 Å². The molecule has 1 amide bonds. The summed E-state index contributed by atoms with van der Waals surface area (Å²) in [4.78, 5) is 23.5. The summed E-state index contributed by atoms with van der Waals surface area (Å²) in [7, 11) is 1.62. The summed E-state index contributed by atoms with van der Waals surface area (Å²) in [6, 6.07) is 7.56. The lowest BCUT2D eigenvalue weighted by Gasteiger charge is -2.07. The highest BCUT2D eigenvalue weighted by Gasteiger charge is 2.06. The fraction of sp³-hybridized carbons (Fsp3) is 0.636. The van der Waals surface area contributed by atoms with Crippen LogP contribution in [0.1, 0.15) is 76.7 Å². The van der Waals surface area contributed by atoms with Gasteiger partial charge < -0.3 is 14.8 Å². The predicted octanol–water partition coefficient (Wildman–Crippen LogP) is 4.78. The van der Waals surface area contributed by atoms with E-state index in [1.54, 1.807) is 7.11 Å². The number of methoxy groups -OCH3 is 1. The number of carbonyl (C=O) groups is 2. The van der Waals surface area contributed by atoms with E-state index in [1.165, 1.54) is 32.1 Å². The Morgan fingerprint density at radius 3 is 2.22 bits per heavy atom. The van der Waals surface area contributed by atoms with Crippen molar-refractivity contribution in [2.24, 2.45) is 0 Å². The molecule has 0 aliphatic rings. The molecular formula is C22H35NO4. The van der Waals surface area contributed by atoms with Crippen LogP contribution in [0.2, 0.25) is 0 Å². The first-order chi connectivity index (χ1) is 13.2. The fourth-order valence-electron chi connectivity index (χ4n) is 2.74. The van der Waals surface area contributed by atoms with E-state index in [4.69, 9.17) is 9.47 Å². The SMILES string of the molecule is CCCCCCCCCOC(=O)CCCC(=O)NCc1ccc(OC)cc1.